The van der Waals surface area contributed by atoms with E-state index < -0.39 is 23.8 Å². The second-order valence-corrected chi connectivity index (χ2v) is 12.2. The number of imide groups is 2. The first-order valence-corrected chi connectivity index (χ1v) is 15.6. The fourth-order valence-electron chi connectivity index (χ4n) is 5.83. The van der Waals surface area contributed by atoms with E-state index >= 15 is 0 Å². The molecule has 9 heteroatoms. The Balaban J connectivity index is 0.000000170. The maximum absolute atomic E-state index is 12.6. The van der Waals surface area contributed by atoms with Crippen LogP contribution in [-0.2, 0) is 21.5 Å². The number of aromatic nitrogens is 3. The Hall–Kier alpha value is -6.09. The van der Waals surface area contributed by atoms with Gasteiger partial charge in [0.05, 0.1) is 6.54 Å². The second kappa shape index (κ2) is 13.3. The lowest BCUT2D eigenvalue weighted by Crippen LogP contribution is -2.56. The van der Waals surface area contributed by atoms with Crippen molar-refractivity contribution in [1.29, 1.82) is 0 Å². The summed E-state index contributed by atoms with van der Waals surface area (Å²) in [6.45, 7) is 6.40. The lowest BCUT2D eigenvalue weighted by atomic mass is 9.77. The minimum atomic E-state index is -0.984. The molecule has 240 valence electrons. The summed E-state index contributed by atoms with van der Waals surface area (Å²) < 4.78 is 0. The number of hydrogen-bond acceptors (Lipinski definition) is 6. The van der Waals surface area contributed by atoms with E-state index in [0.717, 1.165) is 38.2 Å². The fourth-order valence-corrected chi connectivity index (χ4v) is 5.83. The lowest BCUT2D eigenvalue weighted by Gasteiger charge is -2.30. The summed E-state index contributed by atoms with van der Waals surface area (Å²) in [5, 5.41) is 22.4. The number of fused-ring (bicyclic) bond motifs is 1. The molecule has 1 unspecified atom stereocenters. The summed E-state index contributed by atoms with van der Waals surface area (Å²) in [7, 11) is 0. The molecule has 1 aromatic heterocycles. The first-order chi connectivity index (χ1) is 23.1. The van der Waals surface area contributed by atoms with Gasteiger partial charge in [-0.2, -0.15) is 0 Å². The van der Waals surface area contributed by atoms with Crippen molar-refractivity contribution < 1.29 is 19.5 Å². The number of carbonyl (C=O) groups excluding carboxylic acids is 3. The van der Waals surface area contributed by atoms with E-state index in [9.17, 15) is 19.5 Å². The van der Waals surface area contributed by atoms with Gasteiger partial charge in [0.25, 0.3) is 0 Å². The molecule has 48 heavy (non-hydrogen) atoms. The van der Waals surface area contributed by atoms with Crippen molar-refractivity contribution in [3.63, 3.8) is 0 Å². The molecule has 5 aromatic carbocycles. The number of rotatable bonds is 6. The molecule has 4 amide bonds. The van der Waals surface area contributed by atoms with Crippen molar-refractivity contribution >= 4 is 28.9 Å². The Bertz CT molecular complexity index is 2060. The Morgan fingerprint density at radius 3 is 1.90 bits per heavy atom. The summed E-state index contributed by atoms with van der Waals surface area (Å²) in [6, 6.07) is 39.1. The molecule has 0 aliphatic carbocycles. The number of hydrogen-bond donors (Lipinski definition) is 2. The molecule has 0 spiro atoms. The van der Waals surface area contributed by atoms with Crippen molar-refractivity contribution in [2.45, 2.75) is 38.6 Å². The molecule has 0 saturated carbocycles. The molecule has 0 bridgehead atoms. The maximum Gasteiger partial charge on any atom is 0.331 e. The summed E-state index contributed by atoms with van der Waals surface area (Å²) in [4.78, 5) is 39.2. The van der Waals surface area contributed by atoms with E-state index in [2.05, 4.69) is 41.5 Å². The van der Waals surface area contributed by atoms with Crippen LogP contribution in [0.1, 0.15) is 47.6 Å². The van der Waals surface area contributed by atoms with Crippen LogP contribution in [0.3, 0.4) is 0 Å². The SMILES string of the molecule is Cc1cc(-n2nc3ccccc3n2)c(O)c(C(C)(C)c2ccccc2)c1.O=C1NC(=O)N(Cc2ccccc2)C(=O)C1c1ccccc1. The highest BCUT2D eigenvalue weighted by Crippen LogP contribution is 2.40. The van der Waals surface area contributed by atoms with Gasteiger partial charge >= 0.3 is 6.03 Å². The van der Waals surface area contributed by atoms with E-state index in [-0.39, 0.29) is 17.7 Å². The van der Waals surface area contributed by atoms with Crippen LogP contribution in [-0.4, -0.2) is 42.8 Å². The molecule has 1 saturated heterocycles. The number of phenols is 1. The predicted octanol–water partition coefficient (Wildman–Crippen LogP) is 6.81. The van der Waals surface area contributed by atoms with E-state index in [0.29, 0.717) is 11.3 Å². The van der Waals surface area contributed by atoms with Gasteiger partial charge < -0.3 is 5.11 Å². The number of aromatic hydroxyl groups is 1. The first-order valence-electron chi connectivity index (χ1n) is 15.6. The van der Waals surface area contributed by atoms with Gasteiger partial charge in [0.1, 0.15) is 28.4 Å². The van der Waals surface area contributed by atoms with Crippen molar-refractivity contribution in [2.75, 3.05) is 0 Å². The Morgan fingerprint density at radius 1 is 0.750 bits per heavy atom. The Morgan fingerprint density at radius 2 is 1.29 bits per heavy atom. The van der Waals surface area contributed by atoms with E-state index in [4.69, 9.17) is 0 Å². The summed E-state index contributed by atoms with van der Waals surface area (Å²) >= 11 is 0. The van der Waals surface area contributed by atoms with Crippen molar-refractivity contribution in [1.82, 2.24) is 25.2 Å². The van der Waals surface area contributed by atoms with E-state index in [1.165, 1.54) is 4.80 Å². The van der Waals surface area contributed by atoms with Gasteiger partial charge in [-0.1, -0.05) is 123 Å². The van der Waals surface area contributed by atoms with Crippen LogP contribution in [0.5, 0.6) is 5.75 Å². The van der Waals surface area contributed by atoms with Crippen LogP contribution in [0.2, 0.25) is 0 Å². The van der Waals surface area contributed by atoms with Crippen LogP contribution >= 0.6 is 0 Å². The van der Waals surface area contributed by atoms with Gasteiger partial charge in [-0.05, 0) is 47.4 Å². The quantitative estimate of drug-likeness (QED) is 0.194. The zero-order chi connectivity index (χ0) is 33.8. The average molecular weight is 638 g/mol. The van der Waals surface area contributed by atoms with Crippen molar-refractivity contribution in [2.24, 2.45) is 0 Å². The molecule has 1 fully saturated rings. The minimum Gasteiger partial charge on any atom is -0.505 e. The molecule has 7 rings (SSSR count). The summed E-state index contributed by atoms with van der Waals surface area (Å²) in [6.07, 6.45) is 0. The number of nitrogens with one attached hydrogen (secondary N) is 1. The van der Waals surface area contributed by atoms with Crippen LogP contribution < -0.4 is 5.32 Å². The molecule has 2 heterocycles. The van der Waals surface area contributed by atoms with E-state index in [1.807, 2.05) is 97.9 Å². The molecule has 2 N–H and O–H groups in total. The number of urea groups is 1. The van der Waals surface area contributed by atoms with Crippen molar-refractivity contribution in [3.8, 4) is 11.4 Å². The molecular weight excluding hydrogens is 602 g/mol. The third-order valence-corrected chi connectivity index (χ3v) is 8.47. The number of barbiturate groups is 1. The highest BCUT2D eigenvalue weighted by molar-refractivity contribution is 6.19. The van der Waals surface area contributed by atoms with Crippen LogP contribution in [0.4, 0.5) is 4.79 Å². The average Bonchev–Trinajstić information content (AvgIpc) is 3.53. The molecule has 1 aliphatic heterocycles. The van der Waals surface area contributed by atoms with Gasteiger partial charge in [-0.25, -0.2) is 4.79 Å². The summed E-state index contributed by atoms with van der Waals surface area (Å²) in [5.74, 6) is -1.85. The smallest absolute Gasteiger partial charge is 0.331 e. The standard InChI is InChI=1S/C22H21N3O.C17H14N2O3/c1-15-13-17(22(2,3)16-9-5-4-6-10-16)21(26)20(14-15)25-23-18-11-7-8-12-19(18)24-25;20-15-14(13-9-5-2-6-10-13)16(21)19(17(22)18-15)11-12-7-3-1-4-8-12/h4-14,26H,1-3H3;1-10,14H,11H2,(H,18,20,22). The van der Waals surface area contributed by atoms with Crippen molar-refractivity contribution in [3.05, 3.63) is 155 Å². The number of phenolic OH excluding ortho intramolecular Hbond substituents is 1. The monoisotopic (exact) mass is 637 g/mol. The number of carbonyl (C=O) groups is 3. The number of benzene rings is 5. The predicted molar refractivity (Wildman–Crippen MR) is 184 cm³/mol. The normalized spacial score (nSPS) is 14.8. The van der Waals surface area contributed by atoms with E-state index in [1.54, 1.807) is 24.3 Å². The molecule has 1 atom stereocenters. The first kappa shape index (κ1) is 31.9. The Labute approximate surface area is 278 Å². The van der Waals surface area contributed by atoms with Gasteiger partial charge in [0.2, 0.25) is 11.8 Å². The minimum absolute atomic E-state index is 0.141. The topological polar surface area (TPSA) is 117 Å². The zero-order valence-electron chi connectivity index (χ0n) is 26.9. The Kier molecular flexibility index (Phi) is 8.85. The van der Waals surface area contributed by atoms with Gasteiger partial charge in [-0.3, -0.25) is 19.8 Å². The molecule has 6 aromatic rings. The van der Waals surface area contributed by atoms with Crippen LogP contribution in [0, 0.1) is 6.92 Å². The number of aryl methyl sites for hydroxylation is 1. The highest BCUT2D eigenvalue weighted by atomic mass is 16.3. The number of nitrogens with zero attached hydrogens (tertiary/aromatic N) is 4. The molecular formula is C39H35N5O4. The fraction of sp³-hybridized carbons (Fsp3) is 0.154. The molecule has 9 nitrogen and oxygen atoms in total. The summed E-state index contributed by atoms with van der Waals surface area (Å²) in [5.41, 5.74) is 6.32. The number of amides is 4. The zero-order valence-corrected chi connectivity index (χ0v) is 26.9. The molecule has 1 aliphatic rings. The van der Waals surface area contributed by atoms with Gasteiger partial charge in [0.15, 0.2) is 0 Å². The van der Waals surface area contributed by atoms with Crippen LogP contribution in [0.15, 0.2) is 127 Å². The largest absolute Gasteiger partial charge is 0.505 e. The van der Waals surface area contributed by atoms with Gasteiger partial charge in [0, 0.05) is 11.0 Å². The second-order valence-electron chi connectivity index (χ2n) is 12.2. The van der Waals surface area contributed by atoms with Crippen LogP contribution in [0.25, 0.3) is 16.7 Å². The third kappa shape index (κ3) is 6.43. The maximum atomic E-state index is 12.6. The highest BCUT2D eigenvalue weighted by Gasteiger charge is 2.41. The third-order valence-electron chi connectivity index (χ3n) is 8.47. The molecule has 0 radical (unpaired) electrons. The lowest BCUT2D eigenvalue weighted by molar-refractivity contribution is -0.139. The van der Waals surface area contributed by atoms with Gasteiger partial charge in [-0.15, -0.1) is 15.0 Å².